The third kappa shape index (κ3) is 9.72. The molecule has 1 rings (SSSR count). The quantitative estimate of drug-likeness (QED) is 0.368. The average molecular weight is 379 g/mol. The fourth-order valence-corrected chi connectivity index (χ4v) is 2.44. The molecule has 0 spiro atoms. The van der Waals surface area contributed by atoms with Crippen LogP contribution in [0.3, 0.4) is 0 Å². The molecule has 0 saturated carbocycles. The van der Waals surface area contributed by atoms with Crippen molar-refractivity contribution in [2.75, 3.05) is 33.8 Å². The Balaban J connectivity index is 2.26. The molecule has 0 radical (unpaired) electrons. The highest BCUT2D eigenvalue weighted by molar-refractivity contribution is 5.79. The number of carbonyl (C=O) groups is 1. The third-order valence-electron chi connectivity index (χ3n) is 3.66. The number of amides is 1. The van der Waals surface area contributed by atoms with Gasteiger partial charge in [-0.2, -0.15) is 0 Å². The third-order valence-corrected chi connectivity index (χ3v) is 3.66. The van der Waals surface area contributed by atoms with Crippen molar-refractivity contribution >= 4 is 12.1 Å². The first-order chi connectivity index (χ1) is 12.7. The van der Waals surface area contributed by atoms with Gasteiger partial charge < -0.3 is 25.4 Å². The summed E-state index contributed by atoms with van der Waals surface area (Å²) in [4.78, 5) is 15.8. The lowest BCUT2D eigenvalue weighted by Crippen LogP contribution is -2.40. The van der Waals surface area contributed by atoms with E-state index in [1.54, 1.807) is 14.2 Å². The lowest BCUT2D eigenvalue weighted by molar-refractivity contribution is 0.0527. The van der Waals surface area contributed by atoms with E-state index in [0.29, 0.717) is 13.1 Å². The van der Waals surface area contributed by atoms with Crippen molar-refractivity contribution in [3.05, 3.63) is 29.3 Å². The van der Waals surface area contributed by atoms with E-state index >= 15 is 0 Å². The van der Waals surface area contributed by atoms with Gasteiger partial charge in [0, 0.05) is 26.7 Å². The van der Waals surface area contributed by atoms with Gasteiger partial charge in [0.05, 0.1) is 7.11 Å². The van der Waals surface area contributed by atoms with Gasteiger partial charge in [0.1, 0.15) is 11.4 Å². The predicted molar refractivity (Wildman–Crippen MR) is 110 cm³/mol. The molecule has 0 fully saturated rings. The highest BCUT2D eigenvalue weighted by Crippen LogP contribution is 2.19. The van der Waals surface area contributed by atoms with E-state index in [-0.39, 0.29) is 0 Å². The Morgan fingerprint density at radius 1 is 1.11 bits per heavy atom. The highest BCUT2D eigenvalue weighted by atomic mass is 16.6. The smallest absolute Gasteiger partial charge is 0.407 e. The van der Waals surface area contributed by atoms with E-state index in [9.17, 15) is 4.79 Å². The van der Waals surface area contributed by atoms with Crippen LogP contribution in [-0.2, 0) is 11.2 Å². The van der Waals surface area contributed by atoms with Gasteiger partial charge in [-0.15, -0.1) is 0 Å². The summed E-state index contributed by atoms with van der Waals surface area (Å²) in [5, 5.41) is 9.26. The van der Waals surface area contributed by atoms with Crippen molar-refractivity contribution in [1.82, 2.24) is 16.0 Å². The zero-order valence-corrected chi connectivity index (χ0v) is 17.4. The number of rotatable bonds is 8. The van der Waals surface area contributed by atoms with Crippen LogP contribution in [0.5, 0.6) is 5.75 Å². The van der Waals surface area contributed by atoms with Gasteiger partial charge in [0.2, 0.25) is 0 Å². The Morgan fingerprint density at radius 2 is 1.78 bits per heavy atom. The second-order valence-corrected chi connectivity index (χ2v) is 7.27. The first-order valence-electron chi connectivity index (χ1n) is 9.30. The zero-order valence-electron chi connectivity index (χ0n) is 17.4. The summed E-state index contributed by atoms with van der Waals surface area (Å²) in [7, 11) is 3.43. The summed E-state index contributed by atoms with van der Waals surface area (Å²) < 4.78 is 10.6. The Kier molecular flexibility index (Phi) is 9.47. The SMILES string of the molecule is CN=C(NCCCNC(=O)OC(C)(C)C)NCCc1cc(C)ccc1OC. The summed E-state index contributed by atoms with van der Waals surface area (Å²) in [5.41, 5.74) is 1.90. The Morgan fingerprint density at radius 3 is 2.41 bits per heavy atom. The van der Waals surface area contributed by atoms with Gasteiger partial charge in [-0.1, -0.05) is 17.7 Å². The maximum Gasteiger partial charge on any atom is 0.407 e. The summed E-state index contributed by atoms with van der Waals surface area (Å²) >= 11 is 0. The molecule has 1 amide bonds. The van der Waals surface area contributed by atoms with Gasteiger partial charge >= 0.3 is 6.09 Å². The number of benzene rings is 1. The fourth-order valence-electron chi connectivity index (χ4n) is 2.44. The van der Waals surface area contributed by atoms with Crippen molar-refractivity contribution in [2.45, 2.75) is 46.1 Å². The van der Waals surface area contributed by atoms with Crippen LogP contribution in [0.25, 0.3) is 0 Å². The molecule has 0 heterocycles. The Bertz CT molecular complexity index is 624. The molecule has 0 aliphatic rings. The Hall–Kier alpha value is -2.44. The van der Waals surface area contributed by atoms with Crippen LogP contribution >= 0.6 is 0 Å². The van der Waals surface area contributed by atoms with Crippen LogP contribution in [0.15, 0.2) is 23.2 Å². The molecule has 0 atom stereocenters. The van der Waals surface area contributed by atoms with Crippen LogP contribution in [0.4, 0.5) is 4.79 Å². The molecule has 152 valence electrons. The number of ether oxygens (including phenoxy) is 2. The largest absolute Gasteiger partial charge is 0.496 e. The molecule has 0 unspecified atom stereocenters. The molecule has 1 aromatic carbocycles. The normalized spacial score (nSPS) is 11.7. The molecule has 27 heavy (non-hydrogen) atoms. The number of hydrogen-bond donors (Lipinski definition) is 3. The van der Waals surface area contributed by atoms with Crippen molar-refractivity contribution in [1.29, 1.82) is 0 Å². The molecule has 7 nitrogen and oxygen atoms in total. The second kappa shape index (κ2) is 11.3. The number of guanidine groups is 1. The fraction of sp³-hybridized carbons (Fsp3) is 0.600. The minimum absolute atomic E-state index is 0.392. The van der Waals surface area contributed by atoms with Crippen molar-refractivity contribution in [3.63, 3.8) is 0 Å². The standard InChI is InChI=1S/C20H34N4O3/c1-15-8-9-17(26-6)16(14-15)10-13-23-18(21-5)22-11-7-12-24-19(25)27-20(2,3)4/h8-9,14H,7,10-13H2,1-6H3,(H,24,25)(H2,21,22,23). The van der Waals surface area contributed by atoms with Crippen LogP contribution < -0.4 is 20.7 Å². The van der Waals surface area contributed by atoms with E-state index in [0.717, 1.165) is 31.1 Å². The zero-order chi connectivity index (χ0) is 20.3. The van der Waals surface area contributed by atoms with Crippen molar-refractivity contribution in [2.24, 2.45) is 4.99 Å². The lowest BCUT2D eigenvalue weighted by Gasteiger charge is -2.19. The lowest BCUT2D eigenvalue weighted by atomic mass is 10.1. The number of aryl methyl sites for hydroxylation is 1. The number of alkyl carbamates (subject to hydrolysis) is 1. The van der Waals surface area contributed by atoms with Crippen LogP contribution in [-0.4, -0.2) is 51.4 Å². The minimum Gasteiger partial charge on any atom is -0.496 e. The average Bonchev–Trinajstić information content (AvgIpc) is 2.58. The molecule has 0 bridgehead atoms. The number of carbonyl (C=O) groups excluding carboxylic acids is 1. The van der Waals surface area contributed by atoms with Gasteiger partial charge in [-0.25, -0.2) is 4.79 Å². The maximum atomic E-state index is 11.6. The molecular weight excluding hydrogens is 344 g/mol. The van der Waals surface area contributed by atoms with E-state index < -0.39 is 11.7 Å². The maximum absolute atomic E-state index is 11.6. The van der Waals surface area contributed by atoms with E-state index in [2.05, 4.69) is 33.9 Å². The first-order valence-corrected chi connectivity index (χ1v) is 9.30. The number of hydrogen-bond acceptors (Lipinski definition) is 4. The van der Waals surface area contributed by atoms with E-state index in [4.69, 9.17) is 9.47 Å². The van der Waals surface area contributed by atoms with E-state index in [1.165, 1.54) is 11.1 Å². The summed E-state index contributed by atoms with van der Waals surface area (Å²) in [6.07, 6.45) is 1.22. The topological polar surface area (TPSA) is 84.0 Å². The predicted octanol–water partition coefficient (Wildman–Crippen LogP) is 2.63. The molecule has 3 N–H and O–H groups in total. The molecule has 7 heteroatoms. The molecule has 0 aromatic heterocycles. The van der Waals surface area contributed by atoms with E-state index in [1.807, 2.05) is 32.9 Å². The van der Waals surface area contributed by atoms with Crippen molar-refractivity contribution in [3.8, 4) is 5.75 Å². The van der Waals surface area contributed by atoms with Gasteiger partial charge in [0.15, 0.2) is 5.96 Å². The molecular formula is C20H34N4O3. The number of aliphatic imine (C=N–C) groups is 1. The van der Waals surface area contributed by atoms with Gasteiger partial charge in [-0.3, -0.25) is 4.99 Å². The monoisotopic (exact) mass is 378 g/mol. The second-order valence-electron chi connectivity index (χ2n) is 7.27. The summed E-state index contributed by atoms with van der Waals surface area (Å²) in [5.74, 6) is 1.64. The van der Waals surface area contributed by atoms with Crippen LogP contribution in [0, 0.1) is 6.92 Å². The highest BCUT2D eigenvalue weighted by Gasteiger charge is 2.15. The first kappa shape index (κ1) is 22.6. The molecule has 0 aliphatic heterocycles. The number of nitrogens with zero attached hydrogens (tertiary/aromatic N) is 1. The van der Waals surface area contributed by atoms with Crippen LogP contribution in [0.1, 0.15) is 38.3 Å². The minimum atomic E-state index is -0.478. The number of nitrogens with one attached hydrogen (secondary N) is 3. The van der Waals surface area contributed by atoms with Crippen molar-refractivity contribution < 1.29 is 14.3 Å². The molecule has 0 saturated heterocycles. The van der Waals surface area contributed by atoms with Gasteiger partial charge in [0.25, 0.3) is 0 Å². The molecule has 1 aromatic rings. The van der Waals surface area contributed by atoms with Crippen LogP contribution in [0.2, 0.25) is 0 Å². The summed E-state index contributed by atoms with van der Waals surface area (Å²) in [6.45, 7) is 9.59. The summed E-state index contributed by atoms with van der Waals surface area (Å²) in [6, 6.07) is 6.18. The number of methoxy groups -OCH3 is 1. The Labute approximate surface area is 162 Å². The van der Waals surface area contributed by atoms with Gasteiger partial charge in [-0.05, 0) is 52.2 Å². The molecule has 0 aliphatic carbocycles.